The molecule has 2 aromatic rings. The molecular formula is C18H28O2Si3. The molecule has 0 aliphatic heterocycles. The van der Waals surface area contributed by atoms with E-state index in [0.717, 1.165) is 0 Å². The van der Waals surface area contributed by atoms with Crippen LogP contribution in [-0.4, -0.2) is 25.2 Å². The first-order valence-corrected chi connectivity index (χ1v) is 16.8. The summed E-state index contributed by atoms with van der Waals surface area (Å²) in [6.45, 7) is 13.4. The molecule has 0 aliphatic rings. The van der Waals surface area contributed by atoms with E-state index in [1.54, 1.807) is 0 Å². The summed E-state index contributed by atoms with van der Waals surface area (Å²) in [5, 5.41) is 2.59. The summed E-state index contributed by atoms with van der Waals surface area (Å²) in [4.78, 5) is 0. The van der Waals surface area contributed by atoms with Crippen LogP contribution in [0.5, 0.6) is 0 Å². The van der Waals surface area contributed by atoms with Crippen molar-refractivity contribution in [2.45, 2.75) is 39.3 Å². The molecule has 2 rings (SSSR count). The molecular weight excluding hydrogens is 332 g/mol. The Morgan fingerprint density at radius 1 is 0.565 bits per heavy atom. The summed E-state index contributed by atoms with van der Waals surface area (Å²) in [5.41, 5.74) is 0. The molecule has 23 heavy (non-hydrogen) atoms. The molecule has 0 unspecified atom stereocenters. The third-order valence-corrected chi connectivity index (χ3v) is 14.5. The molecule has 0 aromatic heterocycles. The van der Waals surface area contributed by atoms with E-state index in [2.05, 4.69) is 99.9 Å². The Bertz CT molecular complexity index is 582. The van der Waals surface area contributed by atoms with Crippen LogP contribution in [0.1, 0.15) is 0 Å². The lowest BCUT2D eigenvalue weighted by Gasteiger charge is -2.39. The van der Waals surface area contributed by atoms with Crippen molar-refractivity contribution in [3.8, 4) is 0 Å². The van der Waals surface area contributed by atoms with Crippen LogP contribution < -0.4 is 10.4 Å². The fourth-order valence-electron chi connectivity index (χ4n) is 3.05. The van der Waals surface area contributed by atoms with E-state index >= 15 is 0 Å². The van der Waals surface area contributed by atoms with E-state index in [4.69, 9.17) is 8.23 Å². The SMILES string of the molecule is C[Si](C)(C)O[Si](C)(C)O[Si](C)(c1ccccc1)c1ccccc1. The minimum Gasteiger partial charge on any atom is -0.437 e. The summed E-state index contributed by atoms with van der Waals surface area (Å²) < 4.78 is 13.3. The number of benzene rings is 2. The van der Waals surface area contributed by atoms with Gasteiger partial charge in [0.1, 0.15) is 0 Å². The number of hydrogen-bond donors (Lipinski definition) is 0. The lowest BCUT2D eigenvalue weighted by Crippen LogP contribution is -2.64. The maximum absolute atomic E-state index is 6.86. The van der Waals surface area contributed by atoms with Crippen molar-refractivity contribution >= 4 is 35.6 Å². The van der Waals surface area contributed by atoms with Gasteiger partial charge in [0.05, 0.1) is 0 Å². The molecule has 2 aromatic carbocycles. The smallest absolute Gasteiger partial charge is 0.311 e. The Morgan fingerprint density at radius 3 is 1.30 bits per heavy atom. The van der Waals surface area contributed by atoms with Gasteiger partial charge in [-0.3, -0.25) is 0 Å². The van der Waals surface area contributed by atoms with Crippen LogP contribution in [0.3, 0.4) is 0 Å². The third kappa shape index (κ3) is 4.99. The highest BCUT2D eigenvalue weighted by Crippen LogP contribution is 2.20. The lowest BCUT2D eigenvalue weighted by molar-refractivity contribution is 0.401. The maximum Gasteiger partial charge on any atom is 0.311 e. The van der Waals surface area contributed by atoms with E-state index in [1.165, 1.54) is 10.4 Å². The molecule has 0 fully saturated rings. The van der Waals surface area contributed by atoms with Crippen LogP contribution in [0.2, 0.25) is 39.3 Å². The predicted molar refractivity (Wildman–Crippen MR) is 107 cm³/mol. The molecule has 0 amide bonds. The normalized spacial score (nSPS) is 13.1. The van der Waals surface area contributed by atoms with Crippen LogP contribution in [0.15, 0.2) is 60.7 Å². The lowest BCUT2D eigenvalue weighted by atomic mass is 10.4. The summed E-state index contributed by atoms with van der Waals surface area (Å²) in [5.74, 6) is 0. The van der Waals surface area contributed by atoms with E-state index in [1.807, 2.05) is 0 Å². The third-order valence-electron chi connectivity index (χ3n) is 3.65. The molecule has 0 aliphatic carbocycles. The van der Waals surface area contributed by atoms with Gasteiger partial charge in [0.2, 0.25) is 8.32 Å². The minimum absolute atomic E-state index is 1.30. The molecule has 5 heteroatoms. The van der Waals surface area contributed by atoms with Gasteiger partial charge in [-0.1, -0.05) is 60.7 Å². The van der Waals surface area contributed by atoms with Crippen LogP contribution >= 0.6 is 0 Å². The average Bonchev–Trinajstić information content (AvgIpc) is 2.46. The fourth-order valence-corrected chi connectivity index (χ4v) is 16.4. The van der Waals surface area contributed by atoms with Gasteiger partial charge in [-0.2, -0.15) is 0 Å². The zero-order chi connectivity index (χ0) is 17.1. The Labute approximate surface area is 144 Å². The van der Waals surface area contributed by atoms with Crippen molar-refractivity contribution < 1.29 is 8.23 Å². The molecule has 0 radical (unpaired) electrons. The predicted octanol–water partition coefficient (Wildman–Crippen LogP) is 3.95. The molecule has 124 valence electrons. The van der Waals surface area contributed by atoms with E-state index in [0.29, 0.717) is 0 Å². The molecule has 0 atom stereocenters. The Balaban J connectivity index is 2.43. The largest absolute Gasteiger partial charge is 0.437 e. The molecule has 0 saturated heterocycles. The van der Waals surface area contributed by atoms with Crippen LogP contribution in [0.4, 0.5) is 0 Å². The molecule has 0 bridgehead atoms. The molecule has 2 nitrogen and oxygen atoms in total. The van der Waals surface area contributed by atoms with Crippen molar-refractivity contribution in [1.29, 1.82) is 0 Å². The van der Waals surface area contributed by atoms with Crippen LogP contribution in [0, 0.1) is 0 Å². The highest BCUT2D eigenvalue weighted by atomic mass is 28.5. The summed E-state index contributed by atoms with van der Waals surface area (Å²) in [6, 6.07) is 21.3. The standard InChI is InChI=1S/C18H28O2Si3/c1-21(2,3)19-22(4,5)20-23(6,17-13-9-7-10-14-17)18-15-11-8-12-16-18/h7-16H,1-6H3. The fraction of sp³-hybridized carbons (Fsp3) is 0.333. The number of hydrogen-bond acceptors (Lipinski definition) is 2. The zero-order valence-electron chi connectivity index (χ0n) is 15.1. The highest BCUT2D eigenvalue weighted by Gasteiger charge is 2.43. The van der Waals surface area contributed by atoms with Gasteiger partial charge in [-0.25, -0.2) is 0 Å². The molecule has 0 N–H and O–H groups in total. The summed E-state index contributed by atoms with van der Waals surface area (Å²) in [7, 11) is -6.13. The van der Waals surface area contributed by atoms with Gasteiger partial charge in [0, 0.05) is 0 Å². The first-order chi connectivity index (χ1) is 10.6. The maximum atomic E-state index is 6.86. The van der Waals surface area contributed by atoms with Gasteiger partial charge >= 0.3 is 8.56 Å². The summed E-state index contributed by atoms with van der Waals surface area (Å²) in [6.07, 6.45) is 0. The van der Waals surface area contributed by atoms with Crippen molar-refractivity contribution in [2.24, 2.45) is 0 Å². The molecule has 0 heterocycles. The Kier molecular flexibility index (Phi) is 5.48. The topological polar surface area (TPSA) is 18.5 Å². The Morgan fingerprint density at radius 2 is 0.957 bits per heavy atom. The first kappa shape index (κ1) is 18.4. The van der Waals surface area contributed by atoms with Crippen molar-refractivity contribution in [3.63, 3.8) is 0 Å². The zero-order valence-corrected chi connectivity index (χ0v) is 18.1. The van der Waals surface area contributed by atoms with Gasteiger partial charge in [-0.15, -0.1) is 0 Å². The highest BCUT2D eigenvalue weighted by molar-refractivity contribution is 7.01. The van der Waals surface area contributed by atoms with Gasteiger partial charge < -0.3 is 8.23 Å². The second-order valence-electron chi connectivity index (χ2n) is 7.48. The van der Waals surface area contributed by atoms with Crippen LogP contribution in [0.25, 0.3) is 0 Å². The van der Waals surface area contributed by atoms with E-state index < -0.39 is 25.2 Å². The van der Waals surface area contributed by atoms with Gasteiger partial charge in [0.25, 0.3) is 0 Å². The first-order valence-electron chi connectivity index (χ1n) is 8.14. The van der Waals surface area contributed by atoms with E-state index in [-0.39, 0.29) is 0 Å². The quantitative estimate of drug-likeness (QED) is 0.726. The number of rotatable bonds is 6. The second-order valence-corrected chi connectivity index (χ2v) is 19.4. The van der Waals surface area contributed by atoms with Crippen molar-refractivity contribution in [3.05, 3.63) is 60.7 Å². The second kappa shape index (κ2) is 6.86. The van der Waals surface area contributed by atoms with E-state index in [9.17, 15) is 0 Å². The minimum atomic E-state index is -2.28. The van der Waals surface area contributed by atoms with Crippen molar-refractivity contribution in [1.82, 2.24) is 0 Å². The van der Waals surface area contributed by atoms with Crippen LogP contribution in [-0.2, 0) is 8.23 Å². The van der Waals surface area contributed by atoms with Gasteiger partial charge in [0.15, 0.2) is 8.32 Å². The average molecular weight is 361 g/mol. The Hall–Kier alpha value is -0.989. The van der Waals surface area contributed by atoms with Gasteiger partial charge in [-0.05, 0) is 49.7 Å². The summed E-state index contributed by atoms with van der Waals surface area (Å²) >= 11 is 0. The monoisotopic (exact) mass is 360 g/mol. The van der Waals surface area contributed by atoms with Crippen molar-refractivity contribution in [2.75, 3.05) is 0 Å². The molecule has 0 saturated carbocycles. The molecule has 0 spiro atoms.